The average Bonchev–Trinajstić information content (AvgIpc) is 2.38. The minimum atomic E-state index is -0.353. The first-order chi connectivity index (χ1) is 8.77. The minimum Gasteiger partial charge on any atom is -0.490 e. The van der Waals surface area contributed by atoms with E-state index in [4.69, 9.17) is 9.47 Å². The summed E-state index contributed by atoms with van der Waals surface area (Å²) >= 11 is 0. The molecule has 0 fully saturated rings. The van der Waals surface area contributed by atoms with Crippen LogP contribution in [0.5, 0.6) is 11.5 Å². The SMILES string of the molecule is Cc1ccccc1OCCOc1ccccc1F. The van der Waals surface area contributed by atoms with E-state index in [0.29, 0.717) is 13.2 Å². The average molecular weight is 246 g/mol. The summed E-state index contributed by atoms with van der Waals surface area (Å²) in [6.07, 6.45) is 0. The van der Waals surface area contributed by atoms with E-state index in [9.17, 15) is 4.39 Å². The molecular formula is C15H15FO2. The monoisotopic (exact) mass is 246 g/mol. The van der Waals surface area contributed by atoms with E-state index in [0.717, 1.165) is 11.3 Å². The zero-order valence-corrected chi connectivity index (χ0v) is 10.2. The summed E-state index contributed by atoms with van der Waals surface area (Å²) < 4.78 is 24.1. The molecule has 94 valence electrons. The van der Waals surface area contributed by atoms with Crippen LogP contribution < -0.4 is 9.47 Å². The van der Waals surface area contributed by atoms with Gasteiger partial charge in [0, 0.05) is 0 Å². The molecule has 0 aliphatic carbocycles. The van der Waals surface area contributed by atoms with Gasteiger partial charge < -0.3 is 9.47 Å². The number of ether oxygens (including phenoxy) is 2. The molecule has 0 radical (unpaired) electrons. The second kappa shape index (κ2) is 6.05. The Morgan fingerprint density at radius 3 is 2.06 bits per heavy atom. The lowest BCUT2D eigenvalue weighted by atomic mass is 10.2. The maximum atomic E-state index is 13.2. The third-order valence-electron chi connectivity index (χ3n) is 2.53. The molecule has 2 aromatic rings. The highest BCUT2D eigenvalue weighted by atomic mass is 19.1. The van der Waals surface area contributed by atoms with Crippen molar-refractivity contribution in [2.75, 3.05) is 13.2 Å². The van der Waals surface area contributed by atoms with E-state index in [2.05, 4.69) is 0 Å². The molecule has 0 aliphatic heterocycles. The van der Waals surface area contributed by atoms with Gasteiger partial charge in [-0.05, 0) is 30.7 Å². The Kier molecular flexibility index (Phi) is 4.18. The van der Waals surface area contributed by atoms with Crippen molar-refractivity contribution in [1.29, 1.82) is 0 Å². The van der Waals surface area contributed by atoms with Crippen molar-refractivity contribution in [2.24, 2.45) is 0 Å². The normalized spacial score (nSPS) is 10.1. The van der Waals surface area contributed by atoms with E-state index >= 15 is 0 Å². The van der Waals surface area contributed by atoms with Crippen molar-refractivity contribution in [3.8, 4) is 11.5 Å². The van der Waals surface area contributed by atoms with Crippen molar-refractivity contribution >= 4 is 0 Å². The fourth-order valence-electron chi connectivity index (χ4n) is 1.58. The minimum absolute atomic E-state index is 0.255. The van der Waals surface area contributed by atoms with Crippen LogP contribution in [-0.2, 0) is 0 Å². The molecule has 0 spiro atoms. The molecule has 0 aromatic heterocycles. The van der Waals surface area contributed by atoms with Gasteiger partial charge in [-0.15, -0.1) is 0 Å². The molecule has 0 amide bonds. The molecule has 2 rings (SSSR count). The third kappa shape index (κ3) is 3.23. The predicted molar refractivity (Wildman–Crippen MR) is 68.6 cm³/mol. The zero-order valence-electron chi connectivity index (χ0n) is 10.2. The molecule has 2 aromatic carbocycles. The molecule has 0 atom stereocenters. The van der Waals surface area contributed by atoms with Gasteiger partial charge in [0.25, 0.3) is 0 Å². The molecule has 0 N–H and O–H groups in total. The molecule has 0 aliphatic rings. The smallest absolute Gasteiger partial charge is 0.165 e. The second-order valence-electron chi connectivity index (χ2n) is 3.89. The maximum absolute atomic E-state index is 13.2. The van der Waals surface area contributed by atoms with Crippen LogP contribution in [-0.4, -0.2) is 13.2 Å². The second-order valence-corrected chi connectivity index (χ2v) is 3.89. The molecule has 3 heteroatoms. The van der Waals surface area contributed by atoms with Crippen LogP contribution in [0.25, 0.3) is 0 Å². The quantitative estimate of drug-likeness (QED) is 0.750. The molecule has 18 heavy (non-hydrogen) atoms. The van der Waals surface area contributed by atoms with Crippen LogP contribution in [0.1, 0.15) is 5.56 Å². The Morgan fingerprint density at radius 1 is 0.833 bits per heavy atom. The summed E-state index contributed by atoms with van der Waals surface area (Å²) in [7, 11) is 0. The fraction of sp³-hybridized carbons (Fsp3) is 0.200. The van der Waals surface area contributed by atoms with Crippen molar-refractivity contribution in [1.82, 2.24) is 0 Å². The number of halogens is 1. The first-order valence-electron chi connectivity index (χ1n) is 5.83. The number of hydrogen-bond acceptors (Lipinski definition) is 2. The van der Waals surface area contributed by atoms with Crippen LogP contribution in [0.15, 0.2) is 48.5 Å². The van der Waals surface area contributed by atoms with E-state index in [1.165, 1.54) is 6.07 Å². The summed E-state index contributed by atoms with van der Waals surface area (Å²) in [4.78, 5) is 0. The number of rotatable bonds is 5. The largest absolute Gasteiger partial charge is 0.490 e. The molecule has 0 saturated heterocycles. The van der Waals surface area contributed by atoms with Crippen LogP contribution in [0.3, 0.4) is 0 Å². The van der Waals surface area contributed by atoms with Gasteiger partial charge in [-0.1, -0.05) is 30.3 Å². The first-order valence-corrected chi connectivity index (χ1v) is 5.83. The van der Waals surface area contributed by atoms with E-state index in [1.807, 2.05) is 31.2 Å². The van der Waals surface area contributed by atoms with Gasteiger partial charge in [-0.25, -0.2) is 4.39 Å². The van der Waals surface area contributed by atoms with Crippen molar-refractivity contribution in [2.45, 2.75) is 6.92 Å². The third-order valence-corrected chi connectivity index (χ3v) is 2.53. The van der Waals surface area contributed by atoms with E-state index in [1.54, 1.807) is 18.2 Å². The number of aryl methyl sites for hydroxylation is 1. The molecule has 0 heterocycles. The first kappa shape index (κ1) is 12.4. The van der Waals surface area contributed by atoms with Crippen LogP contribution in [0, 0.1) is 12.7 Å². The summed E-state index contributed by atoms with van der Waals surface area (Å²) in [6, 6.07) is 14.1. The molecule has 0 saturated carbocycles. The van der Waals surface area contributed by atoms with Crippen molar-refractivity contribution in [3.63, 3.8) is 0 Å². The number of para-hydroxylation sites is 2. The molecule has 0 bridgehead atoms. The van der Waals surface area contributed by atoms with E-state index in [-0.39, 0.29) is 11.6 Å². The molecule has 2 nitrogen and oxygen atoms in total. The van der Waals surface area contributed by atoms with Gasteiger partial charge in [0.2, 0.25) is 0 Å². The highest BCUT2D eigenvalue weighted by Gasteiger charge is 2.01. The summed E-state index contributed by atoms with van der Waals surface area (Å²) in [5, 5.41) is 0. The fourth-order valence-corrected chi connectivity index (χ4v) is 1.58. The lowest BCUT2D eigenvalue weighted by molar-refractivity contribution is 0.210. The Hall–Kier alpha value is -2.03. The van der Waals surface area contributed by atoms with Crippen LogP contribution >= 0.6 is 0 Å². The van der Waals surface area contributed by atoms with Gasteiger partial charge in [0.15, 0.2) is 11.6 Å². The van der Waals surface area contributed by atoms with Crippen molar-refractivity contribution < 1.29 is 13.9 Å². The number of hydrogen-bond donors (Lipinski definition) is 0. The Labute approximate surface area is 106 Å². The predicted octanol–water partition coefficient (Wildman–Crippen LogP) is 3.59. The van der Waals surface area contributed by atoms with Gasteiger partial charge in [0.05, 0.1) is 0 Å². The van der Waals surface area contributed by atoms with Crippen LogP contribution in [0.2, 0.25) is 0 Å². The summed E-state index contributed by atoms with van der Waals surface area (Å²) in [5.74, 6) is 0.730. The van der Waals surface area contributed by atoms with Gasteiger partial charge in [-0.3, -0.25) is 0 Å². The zero-order chi connectivity index (χ0) is 12.8. The van der Waals surface area contributed by atoms with Crippen LogP contribution in [0.4, 0.5) is 4.39 Å². The lowest BCUT2D eigenvalue weighted by Gasteiger charge is -2.10. The number of benzene rings is 2. The topological polar surface area (TPSA) is 18.5 Å². The Balaban J connectivity index is 1.80. The summed E-state index contributed by atoms with van der Waals surface area (Å²) in [5.41, 5.74) is 1.07. The highest BCUT2D eigenvalue weighted by Crippen LogP contribution is 2.17. The van der Waals surface area contributed by atoms with Gasteiger partial charge in [-0.2, -0.15) is 0 Å². The Morgan fingerprint density at radius 2 is 1.39 bits per heavy atom. The lowest BCUT2D eigenvalue weighted by Crippen LogP contribution is -2.10. The standard InChI is InChI=1S/C15H15FO2/c1-12-6-2-4-8-14(12)17-10-11-18-15-9-5-3-7-13(15)16/h2-9H,10-11H2,1H3. The highest BCUT2D eigenvalue weighted by molar-refractivity contribution is 5.31. The Bertz CT molecular complexity index is 464. The maximum Gasteiger partial charge on any atom is 0.165 e. The van der Waals surface area contributed by atoms with Gasteiger partial charge in [0.1, 0.15) is 19.0 Å². The molecule has 0 unspecified atom stereocenters. The summed E-state index contributed by atoms with van der Waals surface area (Å²) in [6.45, 7) is 2.68. The van der Waals surface area contributed by atoms with Gasteiger partial charge >= 0.3 is 0 Å². The van der Waals surface area contributed by atoms with E-state index < -0.39 is 0 Å². The molecular weight excluding hydrogens is 231 g/mol. The van der Waals surface area contributed by atoms with Crippen molar-refractivity contribution in [3.05, 3.63) is 59.9 Å².